The summed E-state index contributed by atoms with van der Waals surface area (Å²) in [5.41, 5.74) is -0.0483. The fourth-order valence-electron chi connectivity index (χ4n) is 1.79. The summed E-state index contributed by atoms with van der Waals surface area (Å²) in [6, 6.07) is 3.63. The molecule has 2 aromatic heterocycles. The van der Waals surface area contributed by atoms with Crippen LogP contribution in [0.25, 0.3) is 0 Å². The highest BCUT2D eigenvalue weighted by Gasteiger charge is 2.21. The fraction of sp³-hybridized carbons (Fsp3) is 0.571. The Labute approximate surface area is 123 Å². The highest BCUT2D eigenvalue weighted by molar-refractivity contribution is 7.09. The minimum absolute atomic E-state index is 0.0483. The van der Waals surface area contributed by atoms with Crippen LogP contribution in [0.2, 0.25) is 0 Å². The zero-order chi connectivity index (χ0) is 14.8. The van der Waals surface area contributed by atoms with Crippen LogP contribution < -0.4 is 5.32 Å². The molecule has 0 radical (unpaired) electrons. The topological polar surface area (TPSA) is 71.2 Å². The number of hydrogen-bond donors (Lipinski definition) is 2. The maximum Gasteiger partial charge on any atom is 0.202 e. The van der Waals surface area contributed by atoms with Gasteiger partial charge < -0.3 is 14.8 Å². The van der Waals surface area contributed by atoms with E-state index in [1.54, 1.807) is 18.4 Å². The third-order valence-electron chi connectivity index (χ3n) is 2.92. The molecule has 0 fully saturated rings. The first kappa shape index (κ1) is 15.0. The third kappa shape index (κ3) is 3.80. The number of hydrogen-bond acceptors (Lipinski definition) is 6. The molecule has 0 bridgehead atoms. The first-order valence-corrected chi connectivity index (χ1v) is 7.46. The molecule has 20 heavy (non-hydrogen) atoms. The van der Waals surface area contributed by atoms with Gasteiger partial charge in [-0.2, -0.15) is 4.37 Å². The number of nitrogens with zero attached hydrogens (tertiary/aromatic N) is 2. The van der Waals surface area contributed by atoms with Gasteiger partial charge in [-0.05, 0) is 19.1 Å². The molecule has 2 heterocycles. The Balaban J connectivity index is 1.91. The van der Waals surface area contributed by atoms with Crippen molar-refractivity contribution in [1.82, 2.24) is 9.36 Å². The van der Waals surface area contributed by atoms with Crippen molar-refractivity contribution in [2.24, 2.45) is 0 Å². The normalized spacial score (nSPS) is 15.1. The van der Waals surface area contributed by atoms with Crippen molar-refractivity contribution in [2.45, 2.75) is 51.7 Å². The highest BCUT2D eigenvalue weighted by Crippen LogP contribution is 2.25. The van der Waals surface area contributed by atoms with Crippen molar-refractivity contribution in [2.75, 3.05) is 5.32 Å². The van der Waals surface area contributed by atoms with Gasteiger partial charge in [-0.25, -0.2) is 4.98 Å². The van der Waals surface area contributed by atoms with E-state index in [-0.39, 0.29) is 11.5 Å². The zero-order valence-corrected chi connectivity index (χ0v) is 13.1. The maximum absolute atomic E-state index is 10.0. The molecule has 2 rings (SSSR count). The van der Waals surface area contributed by atoms with Gasteiger partial charge >= 0.3 is 0 Å². The van der Waals surface area contributed by atoms with Gasteiger partial charge in [-0.3, -0.25) is 0 Å². The molecule has 0 aromatic carbocycles. The minimum Gasteiger partial charge on any atom is -0.467 e. The summed E-state index contributed by atoms with van der Waals surface area (Å²) in [5, 5.41) is 14.1. The van der Waals surface area contributed by atoms with Crippen molar-refractivity contribution < 1.29 is 9.52 Å². The third-order valence-corrected chi connectivity index (χ3v) is 3.56. The first-order valence-electron chi connectivity index (χ1n) is 6.68. The second kappa shape index (κ2) is 5.93. The molecule has 2 aromatic rings. The number of nitrogens with one attached hydrogen (secondary N) is 1. The first-order chi connectivity index (χ1) is 9.36. The van der Waals surface area contributed by atoms with Crippen molar-refractivity contribution in [1.29, 1.82) is 0 Å². The van der Waals surface area contributed by atoms with E-state index in [9.17, 15) is 5.11 Å². The summed E-state index contributed by atoms with van der Waals surface area (Å²) < 4.78 is 9.55. The van der Waals surface area contributed by atoms with Crippen LogP contribution in [0.15, 0.2) is 22.8 Å². The molecular weight excluding hydrogens is 274 g/mol. The Bertz CT molecular complexity index is 531. The Hall–Kier alpha value is -1.40. The molecule has 5 nitrogen and oxygen atoms in total. The Kier molecular flexibility index (Phi) is 4.45. The summed E-state index contributed by atoms with van der Waals surface area (Å²) in [6.07, 6.45) is 1.51. The van der Waals surface area contributed by atoms with Gasteiger partial charge in [0.05, 0.1) is 6.26 Å². The van der Waals surface area contributed by atoms with Crippen LogP contribution in [0.1, 0.15) is 51.8 Å². The van der Waals surface area contributed by atoms with Gasteiger partial charge in [0, 0.05) is 29.4 Å². The van der Waals surface area contributed by atoms with Crippen LogP contribution in [0.5, 0.6) is 0 Å². The summed E-state index contributed by atoms with van der Waals surface area (Å²) in [5.74, 6) is 1.43. The van der Waals surface area contributed by atoms with Gasteiger partial charge in [-0.15, -0.1) is 0 Å². The SMILES string of the molecule is CC(CC(O)c1ccco1)Nc1nc(C(C)(C)C)ns1. The number of aliphatic hydroxyl groups excluding tert-OH is 1. The van der Waals surface area contributed by atoms with Crippen LogP contribution in [0, 0.1) is 0 Å². The molecule has 0 saturated heterocycles. The zero-order valence-electron chi connectivity index (χ0n) is 12.3. The van der Waals surface area contributed by atoms with Crippen molar-refractivity contribution >= 4 is 16.7 Å². The van der Waals surface area contributed by atoms with E-state index in [0.717, 1.165) is 11.0 Å². The van der Waals surface area contributed by atoms with E-state index in [1.165, 1.54) is 11.5 Å². The average Bonchev–Trinajstić information content (AvgIpc) is 2.97. The molecule has 0 spiro atoms. The number of anilines is 1. The van der Waals surface area contributed by atoms with E-state index in [4.69, 9.17) is 4.42 Å². The lowest BCUT2D eigenvalue weighted by Crippen LogP contribution is -2.19. The van der Waals surface area contributed by atoms with Crippen LogP contribution in [0.3, 0.4) is 0 Å². The number of rotatable bonds is 5. The molecular formula is C14H21N3O2S. The molecule has 6 heteroatoms. The van der Waals surface area contributed by atoms with Gasteiger partial charge in [0.1, 0.15) is 17.7 Å². The molecule has 110 valence electrons. The molecule has 0 aliphatic rings. The van der Waals surface area contributed by atoms with Crippen molar-refractivity contribution in [3.05, 3.63) is 30.0 Å². The lowest BCUT2D eigenvalue weighted by atomic mass is 9.96. The van der Waals surface area contributed by atoms with Crippen LogP contribution in [0.4, 0.5) is 5.13 Å². The smallest absolute Gasteiger partial charge is 0.202 e. The van der Waals surface area contributed by atoms with Crippen molar-refractivity contribution in [3.8, 4) is 0 Å². The number of furan rings is 1. The maximum atomic E-state index is 10.0. The lowest BCUT2D eigenvalue weighted by molar-refractivity contribution is 0.136. The molecule has 0 aliphatic carbocycles. The van der Waals surface area contributed by atoms with Crippen LogP contribution >= 0.6 is 11.5 Å². The van der Waals surface area contributed by atoms with E-state index in [2.05, 4.69) is 35.4 Å². The largest absolute Gasteiger partial charge is 0.467 e. The molecule has 0 aliphatic heterocycles. The predicted octanol–water partition coefficient (Wildman–Crippen LogP) is 3.35. The molecule has 0 saturated carbocycles. The quantitative estimate of drug-likeness (QED) is 0.885. The molecule has 2 unspecified atom stereocenters. The van der Waals surface area contributed by atoms with E-state index >= 15 is 0 Å². The van der Waals surface area contributed by atoms with Gasteiger partial charge in [0.2, 0.25) is 5.13 Å². The number of aromatic nitrogens is 2. The van der Waals surface area contributed by atoms with E-state index in [1.807, 2.05) is 6.92 Å². The highest BCUT2D eigenvalue weighted by atomic mass is 32.1. The molecule has 0 amide bonds. The molecule has 2 atom stereocenters. The number of aliphatic hydroxyl groups is 1. The van der Waals surface area contributed by atoms with Gasteiger partial charge in [0.15, 0.2) is 0 Å². The Morgan fingerprint density at radius 2 is 2.20 bits per heavy atom. The fourth-order valence-corrected chi connectivity index (χ4v) is 2.66. The molecule has 2 N–H and O–H groups in total. The lowest BCUT2D eigenvalue weighted by Gasteiger charge is -2.16. The predicted molar refractivity (Wildman–Crippen MR) is 80.0 cm³/mol. The van der Waals surface area contributed by atoms with E-state index < -0.39 is 6.10 Å². The van der Waals surface area contributed by atoms with Crippen LogP contribution in [-0.2, 0) is 5.41 Å². The summed E-state index contributed by atoms with van der Waals surface area (Å²) in [6.45, 7) is 8.26. The van der Waals surface area contributed by atoms with Gasteiger partial charge in [-0.1, -0.05) is 20.8 Å². The van der Waals surface area contributed by atoms with Crippen LogP contribution in [-0.4, -0.2) is 20.5 Å². The Morgan fingerprint density at radius 3 is 2.75 bits per heavy atom. The second-order valence-corrected chi connectivity index (χ2v) is 6.74. The minimum atomic E-state index is -0.609. The van der Waals surface area contributed by atoms with Crippen molar-refractivity contribution in [3.63, 3.8) is 0 Å². The second-order valence-electron chi connectivity index (χ2n) is 5.99. The standard InChI is InChI=1S/C14H21N3O2S/c1-9(8-10(18)11-6-5-7-19-11)15-13-16-12(17-20-13)14(2,3)4/h5-7,9-10,18H,8H2,1-4H3,(H,15,16,17). The average molecular weight is 295 g/mol. The Morgan fingerprint density at radius 1 is 1.45 bits per heavy atom. The monoisotopic (exact) mass is 295 g/mol. The summed E-state index contributed by atoms with van der Waals surface area (Å²) in [4.78, 5) is 4.48. The van der Waals surface area contributed by atoms with Gasteiger partial charge in [0.25, 0.3) is 0 Å². The summed E-state index contributed by atoms with van der Waals surface area (Å²) in [7, 11) is 0. The van der Waals surface area contributed by atoms with E-state index in [0.29, 0.717) is 12.2 Å². The summed E-state index contributed by atoms with van der Waals surface area (Å²) >= 11 is 1.35.